The number of carbonyl (C=O) groups is 1. The highest BCUT2D eigenvalue weighted by molar-refractivity contribution is 5.80. The summed E-state index contributed by atoms with van der Waals surface area (Å²) in [6.45, 7) is 4.25. The van der Waals surface area contributed by atoms with Crippen molar-refractivity contribution in [3.63, 3.8) is 0 Å². The van der Waals surface area contributed by atoms with Gasteiger partial charge in [-0.25, -0.2) is 0 Å². The molecule has 3 N–H and O–H groups in total. The Morgan fingerprint density at radius 3 is 2.76 bits per heavy atom. The molecule has 2 aromatic rings. The zero-order valence-corrected chi connectivity index (χ0v) is 20.0. The van der Waals surface area contributed by atoms with Gasteiger partial charge in [0.1, 0.15) is 18.1 Å². The van der Waals surface area contributed by atoms with E-state index in [1.165, 1.54) is 0 Å². The SMILES string of the molecule is COCCCN1CCOc2ccc(CO[C@H]3CN[C@H](C(N)=O)C[C@@H]3c3ccc(OC)cc3)cc21. The van der Waals surface area contributed by atoms with Gasteiger partial charge in [0.2, 0.25) is 5.91 Å². The molecule has 0 saturated carbocycles. The first-order chi connectivity index (χ1) is 16.6. The topological polar surface area (TPSA) is 95.3 Å². The summed E-state index contributed by atoms with van der Waals surface area (Å²) in [6.07, 6.45) is 1.47. The van der Waals surface area contributed by atoms with Crippen LogP contribution in [-0.2, 0) is 20.9 Å². The summed E-state index contributed by atoms with van der Waals surface area (Å²) in [6, 6.07) is 13.8. The van der Waals surface area contributed by atoms with Crippen LogP contribution in [0.15, 0.2) is 42.5 Å². The molecular formula is C26H35N3O5. The molecule has 184 valence electrons. The second kappa shape index (κ2) is 11.6. The number of nitrogens with zero attached hydrogens (tertiary/aromatic N) is 1. The molecule has 8 heteroatoms. The summed E-state index contributed by atoms with van der Waals surface area (Å²) in [4.78, 5) is 14.2. The molecule has 2 aliphatic rings. The maximum atomic E-state index is 11.9. The summed E-state index contributed by atoms with van der Waals surface area (Å²) < 4.78 is 22.8. The number of carbonyl (C=O) groups excluding carboxylic acids is 1. The first-order valence-electron chi connectivity index (χ1n) is 11.9. The van der Waals surface area contributed by atoms with Crippen LogP contribution < -0.4 is 25.4 Å². The molecule has 2 aromatic carbocycles. The summed E-state index contributed by atoms with van der Waals surface area (Å²) in [5, 5.41) is 3.25. The first kappa shape index (κ1) is 24.3. The van der Waals surface area contributed by atoms with Gasteiger partial charge in [-0.3, -0.25) is 4.79 Å². The molecule has 0 bridgehead atoms. The van der Waals surface area contributed by atoms with Gasteiger partial charge in [-0.1, -0.05) is 18.2 Å². The van der Waals surface area contributed by atoms with E-state index in [1.54, 1.807) is 14.2 Å². The summed E-state index contributed by atoms with van der Waals surface area (Å²) >= 11 is 0. The molecule has 0 spiro atoms. The molecule has 0 radical (unpaired) electrons. The van der Waals surface area contributed by atoms with E-state index in [0.29, 0.717) is 26.2 Å². The van der Waals surface area contributed by atoms with Crippen LogP contribution in [0.1, 0.15) is 29.9 Å². The number of hydrogen-bond acceptors (Lipinski definition) is 7. The second-order valence-corrected chi connectivity index (χ2v) is 8.81. The Morgan fingerprint density at radius 1 is 1.21 bits per heavy atom. The lowest BCUT2D eigenvalue weighted by molar-refractivity contribution is -0.121. The quantitative estimate of drug-likeness (QED) is 0.516. The molecule has 1 amide bonds. The third kappa shape index (κ3) is 5.81. The van der Waals surface area contributed by atoms with E-state index in [0.717, 1.165) is 54.4 Å². The highest BCUT2D eigenvalue weighted by Gasteiger charge is 2.34. The van der Waals surface area contributed by atoms with E-state index in [2.05, 4.69) is 22.3 Å². The second-order valence-electron chi connectivity index (χ2n) is 8.81. The lowest BCUT2D eigenvalue weighted by Gasteiger charge is -2.36. The number of nitrogens with one attached hydrogen (secondary N) is 1. The fourth-order valence-electron chi connectivity index (χ4n) is 4.73. The lowest BCUT2D eigenvalue weighted by atomic mass is 9.84. The van der Waals surface area contributed by atoms with Gasteiger partial charge >= 0.3 is 0 Å². The Morgan fingerprint density at radius 2 is 2.03 bits per heavy atom. The monoisotopic (exact) mass is 469 g/mol. The molecule has 1 fully saturated rings. The Labute approximate surface area is 201 Å². The van der Waals surface area contributed by atoms with Gasteiger partial charge in [0, 0.05) is 32.7 Å². The zero-order valence-electron chi connectivity index (χ0n) is 20.0. The number of methoxy groups -OCH3 is 2. The number of primary amides is 1. The summed E-state index contributed by atoms with van der Waals surface area (Å²) in [5.74, 6) is 1.43. The number of nitrogens with two attached hydrogens (primary N) is 1. The third-order valence-corrected chi connectivity index (χ3v) is 6.61. The molecule has 0 aliphatic carbocycles. The highest BCUT2D eigenvalue weighted by atomic mass is 16.5. The van der Waals surface area contributed by atoms with Gasteiger partial charge in [-0.05, 0) is 48.2 Å². The van der Waals surface area contributed by atoms with E-state index in [-0.39, 0.29) is 24.0 Å². The number of ether oxygens (including phenoxy) is 4. The van der Waals surface area contributed by atoms with Gasteiger partial charge in [0.15, 0.2) is 0 Å². The maximum absolute atomic E-state index is 11.9. The average molecular weight is 470 g/mol. The number of rotatable bonds is 10. The standard InChI is InChI=1S/C26H35N3O5/c1-31-12-3-10-29-11-13-33-24-9-4-18(14-23(24)29)17-34-25-16-28-22(26(27)30)15-21(25)19-5-7-20(32-2)8-6-19/h4-9,14,21-22,25,28H,3,10-13,15-17H2,1-2H3,(H2,27,30)/t21-,22+,25+/m1/s1. The zero-order chi connectivity index (χ0) is 23.9. The van der Waals surface area contributed by atoms with Gasteiger partial charge in [0.05, 0.1) is 38.1 Å². The van der Waals surface area contributed by atoms with Crippen molar-refractivity contribution in [3.05, 3.63) is 53.6 Å². The Kier molecular flexibility index (Phi) is 8.26. The van der Waals surface area contributed by atoms with Gasteiger partial charge in [-0.2, -0.15) is 0 Å². The first-order valence-corrected chi connectivity index (χ1v) is 11.9. The fraction of sp³-hybridized carbons (Fsp3) is 0.500. The number of anilines is 1. The molecule has 3 atom stereocenters. The smallest absolute Gasteiger partial charge is 0.234 e. The van der Waals surface area contributed by atoms with Crippen molar-refractivity contribution >= 4 is 11.6 Å². The predicted molar refractivity (Wildman–Crippen MR) is 131 cm³/mol. The lowest BCUT2D eigenvalue weighted by Crippen LogP contribution is -2.52. The van der Waals surface area contributed by atoms with Gasteiger partial charge < -0.3 is 34.9 Å². The Bertz CT molecular complexity index is 952. The van der Waals surface area contributed by atoms with Crippen LogP contribution in [0.25, 0.3) is 0 Å². The van der Waals surface area contributed by atoms with Crippen LogP contribution in [0, 0.1) is 0 Å². The molecule has 0 unspecified atom stereocenters. The highest BCUT2D eigenvalue weighted by Crippen LogP contribution is 2.35. The maximum Gasteiger partial charge on any atom is 0.234 e. The number of hydrogen-bond donors (Lipinski definition) is 2. The normalized spacial score (nSPS) is 22.1. The minimum atomic E-state index is -0.367. The summed E-state index contributed by atoms with van der Waals surface area (Å²) in [5.41, 5.74) is 8.90. The molecular weight excluding hydrogens is 434 g/mol. The van der Waals surface area contributed by atoms with Crippen molar-refractivity contribution in [2.45, 2.75) is 37.5 Å². The van der Waals surface area contributed by atoms with E-state index < -0.39 is 0 Å². The van der Waals surface area contributed by atoms with Crippen molar-refractivity contribution in [2.75, 3.05) is 52.0 Å². The molecule has 4 rings (SSSR count). The van der Waals surface area contributed by atoms with Crippen LogP contribution in [0.5, 0.6) is 11.5 Å². The molecule has 0 aromatic heterocycles. The molecule has 8 nitrogen and oxygen atoms in total. The van der Waals surface area contributed by atoms with Crippen LogP contribution in [0.3, 0.4) is 0 Å². The van der Waals surface area contributed by atoms with Crippen LogP contribution >= 0.6 is 0 Å². The Hall–Kier alpha value is -2.81. The van der Waals surface area contributed by atoms with Crippen LogP contribution in [0.4, 0.5) is 5.69 Å². The van der Waals surface area contributed by atoms with E-state index in [1.807, 2.05) is 30.3 Å². The van der Waals surface area contributed by atoms with Gasteiger partial charge in [-0.15, -0.1) is 0 Å². The van der Waals surface area contributed by atoms with Crippen molar-refractivity contribution in [1.29, 1.82) is 0 Å². The van der Waals surface area contributed by atoms with E-state index in [9.17, 15) is 4.79 Å². The largest absolute Gasteiger partial charge is 0.497 e. The summed E-state index contributed by atoms with van der Waals surface area (Å²) in [7, 11) is 3.38. The molecule has 34 heavy (non-hydrogen) atoms. The van der Waals surface area contributed by atoms with E-state index >= 15 is 0 Å². The van der Waals surface area contributed by atoms with Gasteiger partial charge in [0.25, 0.3) is 0 Å². The average Bonchev–Trinajstić information content (AvgIpc) is 2.87. The number of amides is 1. The van der Waals surface area contributed by atoms with Crippen LogP contribution in [0.2, 0.25) is 0 Å². The number of fused-ring (bicyclic) bond motifs is 1. The fourth-order valence-corrected chi connectivity index (χ4v) is 4.73. The van der Waals surface area contributed by atoms with Crippen molar-refractivity contribution in [1.82, 2.24) is 5.32 Å². The van der Waals surface area contributed by atoms with Crippen LogP contribution in [-0.4, -0.2) is 65.1 Å². The van der Waals surface area contributed by atoms with Crippen molar-refractivity contribution < 1.29 is 23.7 Å². The third-order valence-electron chi connectivity index (χ3n) is 6.61. The number of piperidine rings is 1. The minimum absolute atomic E-state index is 0.0520. The molecule has 1 saturated heterocycles. The molecule has 2 heterocycles. The minimum Gasteiger partial charge on any atom is -0.497 e. The van der Waals surface area contributed by atoms with Crippen molar-refractivity contribution in [2.24, 2.45) is 5.73 Å². The van der Waals surface area contributed by atoms with E-state index in [4.69, 9.17) is 24.7 Å². The number of benzene rings is 2. The molecule has 2 aliphatic heterocycles. The Balaban J connectivity index is 1.46. The van der Waals surface area contributed by atoms with Crippen molar-refractivity contribution in [3.8, 4) is 11.5 Å². The predicted octanol–water partition coefficient (Wildman–Crippen LogP) is 2.45.